The highest BCUT2D eigenvalue weighted by Crippen LogP contribution is 2.19. The quantitative estimate of drug-likeness (QED) is 0.578. The zero-order valence-corrected chi connectivity index (χ0v) is 13.9. The summed E-state index contributed by atoms with van der Waals surface area (Å²) in [4.78, 5) is 0. The molecule has 0 atom stereocenters. The van der Waals surface area contributed by atoms with Crippen LogP contribution >= 0.6 is 0 Å². The lowest BCUT2D eigenvalue weighted by Gasteiger charge is -2.06. The lowest BCUT2D eigenvalue weighted by molar-refractivity contribution is 0.116. The molecule has 0 aromatic heterocycles. The maximum atomic E-state index is 8.71. The molecule has 0 fully saturated rings. The van der Waals surface area contributed by atoms with E-state index in [4.69, 9.17) is 9.84 Å². The van der Waals surface area contributed by atoms with Crippen molar-refractivity contribution in [3.05, 3.63) is 60.2 Å². The monoisotopic (exact) mass is 312 g/mol. The van der Waals surface area contributed by atoms with Crippen LogP contribution in [-0.2, 0) is 11.3 Å². The molecular weight excluding hydrogens is 284 g/mol. The number of ether oxygens (including phenoxy) is 1. The normalized spacial score (nSPS) is 10.8. The Morgan fingerprint density at radius 2 is 1.26 bits per heavy atom. The van der Waals surface area contributed by atoms with Crippen LogP contribution in [0, 0.1) is 0 Å². The van der Waals surface area contributed by atoms with Crippen LogP contribution in [0.5, 0.6) is 0 Å². The molecule has 0 saturated heterocycles. The van der Waals surface area contributed by atoms with Gasteiger partial charge < -0.3 is 9.84 Å². The first-order chi connectivity index (χ1) is 11.4. The van der Waals surface area contributed by atoms with E-state index in [1.807, 2.05) is 6.07 Å². The van der Waals surface area contributed by atoms with Crippen LogP contribution in [0.3, 0.4) is 0 Å². The van der Waals surface area contributed by atoms with Gasteiger partial charge in [-0.3, -0.25) is 0 Å². The maximum Gasteiger partial charge on any atom is 0.0716 e. The van der Waals surface area contributed by atoms with Crippen LogP contribution in [0.4, 0.5) is 0 Å². The van der Waals surface area contributed by atoms with Gasteiger partial charge in [0.15, 0.2) is 0 Å². The highest BCUT2D eigenvalue weighted by atomic mass is 16.5. The van der Waals surface area contributed by atoms with Crippen LogP contribution in [0.15, 0.2) is 54.6 Å². The summed E-state index contributed by atoms with van der Waals surface area (Å²) in [6, 6.07) is 19.1. The number of benzene rings is 2. The van der Waals surface area contributed by atoms with E-state index in [1.165, 1.54) is 36.0 Å². The van der Waals surface area contributed by atoms with Gasteiger partial charge in [0.2, 0.25) is 0 Å². The van der Waals surface area contributed by atoms with Gasteiger partial charge >= 0.3 is 0 Å². The van der Waals surface area contributed by atoms with Gasteiger partial charge in [0.1, 0.15) is 0 Å². The van der Waals surface area contributed by atoms with E-state index in [0.29, 0.717) is 13.2 Å². The maximum absolute atomic E-state index is 8.71. The number of aliphatic hydroxyl groups excluding tert-OH is 1. The first-order valence-electron chi connectivity index (χ1n) is 8.73. The molecule has 0 radical (unpaired) electrons. The summed E-state index contributed by atoms with van der Waals surface area (Å²) in [6.07, 6.45) is 6.90. The van der Waals surface area contributed by atoms with Gasteiger partial charge in [-0.1, -0.05) is 80.3 Å². The fraction of sp³-hybridized carbons (Fsp3) is 0.429. The zero-order valence-electron chi connectivity index (χ0n) is 13.9. The molecule has 23 heavy (non-hydrogen) atoms. The zero-order chi connectivity index (χ0) is 16.2. The number of aliphatic hydroxyl groups is 1. The summed E-state index contributed by atoms with van der Waals surface area (Å²) in [5.41, 5.74) is 3.73. The summed E-state index contributed by atoms with van der Waals surface area (Å²) >= 11 is 0. The van der Waals surface area contributed by atoms with Gasteiger partial charge in [-0.15, -0.1) is 0 Å². The smallest absolute Gasteiger partial charge is 0.0716 e. The van der Waals surface area contributed by atoms with Crippen molar-refractivity contribution in [2.75, 3.05) is 13.2 Å². The molecule has 2 aromatic carbocycles. The minimum absolute atomic E-state index is 0.326. The molecule has 0 aliphatic heterocycles. The van der Waals surface area contributed by atoms with Gasteiger partial charge in [-0.2, -0.15) is 0 Å². The minimum Gasteiger partial charge on any atom is -0.396 e. The number of unbranched alkanes of at least 4 members (excludes halogenated alkanes) is 5. The fourth-order valence-electron chi connectivity index (χ4n) is 2.64. The van der Waals surface area contributed by atoms with Crippen LogP contribution in [-0.4, -0.2) is 18.3 Å². The largest absolute Gasteiger partial charge is 0.396 e. The lowest BCUT2D eigenvalue weighted by atomic mass is 10.0. The molecule has 0 spiro atoms. The van der Waals surface area contributed by atoms with Crippen molar-refractivity contribution in [1.82, 2.24) is 0 Å². The number of hydrogen-bond donors (Lipinski definition) is 1. The van der Waals surface area contributed by atoms with Crippen molar-refractivity contribution in [3.8, 4) is 11.1 Å². The van der Waals surface area contributed by atoms with Gasteiger partial charge in [0.25, 0.3) is 0 Å². The van der Waals surface area contributed by atoms with E-state index in [9.17, 15) is 0 Å². The molecule has 2 heteroatoms. The van der Waals surface area contributed by atoms with Crippen molar-refractivity contribution in [3.63, 3.8) is 0 Å². The van der Waals surface area contributed by atoms with E-state index in [0.717, 1.165) is 25.9 Å². The molecule has 0 saturated carbocycles. The third kappa shape index (κ3) is 6.98. The average molecular weight is 312 g/mol. The molecule has 0 unspecified atom stereocenters. The second kappa shape index (κ2) is 11.0. The Labute approximate surface area is 140 Å². The molecule has 0 heterocycles. The van der Waals surface area contributed by atoms with Gasteiger partial charge in [0.05, 0.1) is 6.61 Å². The topological polar surface area (TPSA) is 29.5 Å². The van der Waals surface area contributed by atoms with Crippen molar-refractivity contribution >= 4 is 0 Å². The predicted octanol–water partition coefficient (Wildman–Crippen LogP) is 5.20. The first-order valence-corrected chi connectivity index (χ1v) is 8.73. The third-order valence-electron chi connectivity index (χ3n) is 4.03. The molecular formula is C21H28O2. The number of rotatable bonds is 11. The Morgan fingerprint density at radius 1 is 0.652 bits per heavy atom. The second-order valence-electron chi connectivity index (χ2n) is 5.96. The van der Waals surface area contributed by atoms with Gasteiger partial charge in [-0.05, 0) is 29.5 Å². The van der Waals surface area contributed by atoms with E-state index >= 15 is 0 Å². The molecule has 0 bridgehead atoms. The Hall–Kier alpha value is -1.64. The highest BCUT2D eigenvalue weighted by molar-refractivity contribution is 5.63. The molecule has 2 nitrogen and oxygen atoms in total. The van der Waals surface area contributed by atoms with Crippen LogP contribution in [0.25, 0.3) is 11.1 Å². The second-order valence-corrected chi connectivity index (χ2v) is 5.96. The van der Waals surface area contributed by atoms with Crippen molar-refractivity contribution in [1.29, 1.82) is 0 Å². The van der Waals surface area contributed by atoms with Crippen LogP contribution in [0.1, 0.15) is 44.1 Å². The summed E-state index contributed by atoms with van der Waals surface area (Å²) in [5.74, 6) is 0. The van der Waals surface area contributed by atoms with E-state index in [2.05, 4.69) is 48.5 Å². The van der Waals surface area contributed by atoms with E-state index in [-0.39, 0.29) is 0 Å². The highest BCUT2D eigenvalue weighted by Gasteiger charge is 1.98. The standard InChI is InChI=1S/C21H28O2/c22-16-8-3-1-2-4-9-17-23-18-19-12-14-21(15-13-19)20-10-6-5-7-11-20/h5-7,10-15,22H,1-4,8-9,16-18H2. The third-order valence-corrected chi connectivity index (χ3v) is 4.03. The number of hydrogen-bond acceptors (Lipinski definition) is 2. The Balaban J connectivity index is 1.60. The first kappa shape index (κ1) is 17.7. The van der Waals surface area contributed by atoms with Gasteiger partial charge in [0, 0.05) is 13.2 Å². The molecule has 1 N–H and O–H groups in total. The fourth-order valence-corrected chi connectivity index (χ4v) is 2.64. The predicted molar refractivity (Wildman–Crippen MR) is 96.3 cm³/mol. The summed E-state index contributed by atoms with van der Waals surface area (Å²) in [7, 11) is 0. The van der Waals surface area contributed by atoms with Crippen molar-refractivity contribution in [2.45, 2.75) is 45.1 Å². The van der Waals surface area contributed by atoms with Crippen LogP contribution in [0.2, 0.25) is 0 Å². The lowest BCUT2D eigenvalue weighted by Crippen LogP contribution is -1.96. The van der Waals surface area contributed by atoms with E-state index in [1.54, 1.807) is 0 Å². The summed E-state index contributed by atoms with van der Waals surface area (Å²) in [5, 5.41) is 8.71. The molecule has 2 rings (SSSR count). The molecule has 0 aliphatic rings. The molecule has 2 aromatic rings. The Morgan fingerprint density at radius 3 is 1.96 bits per heavy atom. The summed E-state index contributed by atoms with van der Waals surface area (Å²) in [6.45, 7) is 1.85. The molecule has 0 amide bonds. The Bertz CT molecular complexity index is 519. The molecule has 124 valence electrons. The van der Waals surface area contributed by atoms with Crippen LogP contribution < -0.4 is 0 Å². The SMILES string of the molecule is OCCCCCCCCOCc1ccc(-c2ccccc2)cc1. The minimum atomic E-state index is 0.326. The Kier molecular flexibility index (Phi) is 8.46. The van der Waals surface area contributed by atoms with Crippen molar-refractivity contribution in [2.24, 2.45) is 0 Å². The van der Waals surface area contributed by atoms with Crippen molar-refractivity contribution < 1.29 is 9.84 Å². The van der Waals surface area contributed by atoms with Gasteiger partial charge in [-0.25, -0.2) is 0 Å². The van der Waals surface area contributed by atoms with E-state index < -0.39 is 0 Å². The summed E-state index contributed by atoms with van der Waals surface area (Å²) < 4.78 is 5.75. The molecule has 0 aliphatic carbocycles. The average Bonchev–Trinajstić information content (AvgIpc) is 2.62.